The Kier molecular flexibility index (Phi) is 5.74. The summed E-state index contributed by atoms with van der Waals surface area (Å²) in [6, 6.07) is 8.53. The molecule has 11 nitrogen and oxygen atoms in total. The van der Waals surface area contributed by atoms with Gasteiger partial charge in [0, 0.05) is 50.7 Å². The number of amides is 4. The smallest absolute Gasteiger partial charge is 0.314 e. The normalized spacial score (nSPS) is 15.6. The number of urea groups is 1. The quantitative estimate of drug-likeness (QED) is 0.514. The van der Waals surface area contributed by atoms with Crippen LogP contribution in [-0.4, -0.2) is 68.5 Å². The van der Waals surface area contributed by atoms with E-state index >= 15 is 0 Å². The topological polar surface area (TPSA) is 134 Å². The van der Waals surface area contributed by atoms with E-state index in [-0.39, 0.29) is 12.1 Å². The van der Waals surface area contributed by atoms with Crippen LogP contribution in [0.15, 0.2) is 42.7 Å². The Balaban J connectivity index is 1.33. The van der Waals surface area contributed by atoms with Crippen molar-refractivity contribution in [3.63, 3.8) is 0 Å². The van der Waals surface area contributed by atoms with Gasteiger partial charge in [-0.25, -0.2) is 9.78 Å². The van der Waals surface area contributed by atoms with Crippen LogP contribution in [0.5, 0.6) is 0 Å². The Bertz CT molecular complexity index is 1110. The van der Waals surface area contributed by atoms with Crippen LogP contribution in [0.2, 0.25) is 0 Å². The summed E-state index contributed by atoms with van der Waals surface area (Å²) < 4.78 is 1.82. The molecule has 0 spiro atoms. The molecule has 1 aliphatic heterocycles. The zero-order chi connectivity index (χ0) is 21.8. The van der Waals surface area contributed by atoms with Gasteiger partial charge in [0.2, 0.25) is 0 Å². The monoisotopic (exact) mass is 422 g/mol. The fourth-order valence-corrected chi connectivity index (χ4v) is 3.45. The van der Waals surface area contributed by atoms with E-state index in [1.165, 1.54) is 11.9 Å². The molecule has 1 aromatic carbocycles. The molecule has 2 aromatic heterocycles. The molecule has 0 saturated carbocycles. The van der Waals surface area contributed by atoms with Gasteiger partial charge in [-0.05, 0) is 30.2 Å². The van der Waals surface area contributed by atoms with E-state index in [1.807, 2.05) is 28.8 Å². The molecule has 1 atom stereocenters. The molecule has 1 saturated heterocycles. The molecule has 1 aliphatic rings. The molecule has 0 aliphatic carbocycles. The average molecular weight is 422 g/mol. The van der Waals surface area contributed by atoms with Crippen molar-refractivity contribution in [2.45, 2.75) is 18.9 Å². The van der Waals surface area contributed by atoms with Crippen molar-refractivity contribution in [1.82, 2.24) is 35.1 Å². The number of hydrogen-bond acceptors (Lipinski definition) is 6. The van der Waals surface area contributed by atoms with Gasteiger partial charge >= 0.3 is 17.8 Å². The van der Waals surface area contributed by atoms with Crippen LogP contribution in [0.4, 0.5) is 10.5 Å². The van der Waals surface area contributed by atoms with Crippen LogP contribution in [-0.2, 0) is 16.0 Å². The molecule has 1 unspecified atom stereocenters. The highest BCUT2D eigenvalue weighted by Gasteiger charge is 2.30. The predicted octanol–water partition coefficient (Wildman–Crippen LogP) is 0.184. The van der Waals surface area contributed by atoms with Crippen molar-refractivity contribution in [2.24, 2.45) is 0 Å². The predicted molar refractivity (Wildman–Crippen MR) is 111 cm³/mol. The second-order valence-corrected chi connectivity index (χ2v) is 7.19. The molecule has 4 rings (SSSR count). The zero-order valence-electron chi connectivity index (χ0n) is 16.9. The minimum absolute atomic E-state index is 0.167. The molecular weight excluding hydrogens is 400 g/mol. The molecular formula is C20H22N8O3. The maximum atomic E-state index is 12.4. The van der Waals surface area contributed by atoms with E-state index in [4.69, 9.17) is 0 Å². The summed E-state index contributed by atoms with van der Waals surface area (Å²) in [6.45, 7) is 0.723. The summed E-state index contributed by atoms with van der Waals surface area (Å²) in [6.07, 6.45) is 4.67. The van der Waals surface area contributed by atoms with Crippen molar-refractivity contribution in [1.29, 1.82) is 0 Å². The van der Waals surface area contributed by atoms with E-state index in [2.05, 4.69) is 31.1 Å². The summed E-state index contributed by atoms with van der Waals surface area (Å²) in [5.74, 6) is -0.0332. The van der Waals surface area contributed by atoms with Gasteiger partial charge in [0.25, 0.3) is 5.78 Å². The number of fused-ring (bicyclic) bond motifs is 1. The fourth-order valence-electron chi connectivity index (χ4n) is 3.45. The molecule has 0 bridgehead atoms. The van der Waals surface area contributed by atoms with Crippen molar-refractivity contribution in [3.05, 3.63) is 54.1 Å². The lowest BCUT2D eigenvalue weighted by Gasteiger charge is -2.16. The van der Waals surface area contributed by atoms with Gasteiger partial charge in [0.15, 0.2) is 0 Å². The number of hydrogen-bond donors (Lipinski definition) is 3. The third-order valence-electron chi connectivity index (χ3n) is 5.07. The minimum atomic E-state index is -0.706. The van der Waals surface area contributed by atoms with Crippen LogP contribution in [0.1, 0.15) is 17.8 Å². The lowest BCUT2D eigenvalue weighted by atomic mass is 10.1. The summed E-state index contributed by atoms with van der Waals surface area (Å²) in [7, 11) is 1.53. The lowest BCUT2D eigenvalue weighted by molar-refractivity contribution is -0.142. The van der Waals surface area contributed by atoms with Crippen LogP contribution in [0.25, 0.3) is 5.78 Å². The van der Waals surface area contributed by atoms with E-state index in [1.54, 1.807) is 18.3 Å². The molecule has 3 heterocycles. The first-order valence-electron chi connectivity index (χ1n) is 9.85. The highest BCUT2D eigenvalue weighted by molar-refractivity contribution is 6.39. The second-order valence-electron chi connectivity index (χ2n) is 7.19. The fraction of sp³-hybridized carbons (Fsp3) is 0.300. The van der Waals surface area contributed by atoms with Gasteiger partial charge in [-0.15, -0.1) is 10.2 Å². The van der Waals surface area contributed by atoms with Gasteiger partial charge in [-0.1, -0.05) is 12.1 Å². The van der Waals surface area contributed by atoms with Crippen LogP contribution >= 0.6 is 0 Å². The average Bonchev–Trinajstić information content (AvgIpc) is 3.42. The molecule has 11 heteroatoms. The van der Waals surface area contributed by atoms with Gasteiger partial charge in [-0.3, -0.25) is 14.0 Å². The molecule has 0 radical (unpaired) electrons. The number of nitrogens with zero attached hydrogens (tertiary/aromatic N) is 5. The number of likely N-dealkylation sites (tertiary alicyclic amines) is 1. The largest absolute Gasteiger partial charge is 0.341 e. The summed E-state index contributed by atoms with van der Waals surface area (Å²) in [4.78, 5) is 41.7. The summed E-state index contributed by atoms with van der Waals surface area (Å²) in [5.41, 5.74) is 1.50. The Hall–Kier alpha value is -4.02. The zero-order valence-corrected chi connectivity index (χ0v) is 16.9. The first-order valence-corrected chi connectivity index (χ1v) is 9.85. The number of rotatable bonds is 4. The Morgan fingerprint density at radius 1 is 1.16 bits per heavy atom. The number of nitrogens with one attached hydrogen (secondary N) is 3. The van der Waals surface area contributed by atoms with Crippen LogP contribution < -0.4 is 16.0 Å². The summed E-state index contributed by atoms with van der Waals surface area (Å²) >= 11 is 0. The van der Waals surface area contributed by atoms with Gasteiger partial charge in [0.1, 0.15) is 5.82 Å². The number of carbonyl (C=O) groups excluding carboxylic acids is 3. The van der Waals surface area contributed by atoms with E-state index in [9.17, 15) is 14.4 Å². The summed E-state index contributed by atoms with van der Waals surface area (Å²) in [5, 5.41) is 16.0. The molecule has 3 N–H and O–H groups in total. The molecule has 1 fully saturated rings. The van der Waals surface area contributed by atoms with Crippen LogP contribution in [0, 0.1) is 0 Å². The maximum absolute atomic E-state index is 12.4. The van der Waals surface area contributed by atoms with Crippen molar-refractivity contribution in [2.75, 3.05) is 25.5 Å². The first-order chi connectivity index (χ1) is 15.0. The maximum Gasteiger partial charge on any atom is 0.314 e. The van der Waals surface area contributed by atoms with E-state index in [0.717, 1.165) is 11.4 Å². The Morgan fingerprint density at radius 3 is 2.74 bits per heavy atom. The Labute approximate surface area is 177 Å². The number of anilines is 1. The highest BCUT2D eigenvalue weighted by atomic mass is 16.2. The van der Waals surface area contributed by atoms with Crippen LogP contribution in [0.3, 0.4) is 0 Å². The number of carbonyl (C=O) groups is 3. The standard InChI is InChI=1S/C20H22N8O3/c1-21-20(31)24-15-7-10-27(12-15)18(30)17(29)23-14-5-3-13(4-6-14)11-16-25-26-19-22-8-2-9-28(16)19/h2-6,8-9,15H,7,10-12H2,1H3,(H,23,29)(H2,21,24,31). The van der Waals surface area contributed by atoms with E-state index < -0.39 is 11.8 Å². The van der Waals surface area contributed by atoms with Crippen molar-refractivity contribution < 1.29 is 14.4 Å². The number of aromatic nitrogens is 4. The van der Waals surface area contributed by atoms with E-state index in [0.29, 0.717) is 37.4 Å². The third-order valence-corrected chi connectivity index (χ3v) is 5.07. The van der Waals surface area contributed by atoms with Gasteiger partial charge in [0.05, 0.1) is 0 Å². The Morgan fingerprint density at radius 2 is 1.97 bits per heavy atom. The molecule has 160 valence electrons. The number of benzene rings is 1. The van der Waals surface area contributed by atoms with Crippen molar-refractivity contribution >= 4 is 29.3 Å². The second kappa shape index (κ2) is 8.78. The molecule has 3 aromatic rings. The molecule has 4 amide bonds. The lowest BCUT2D eigenvalue weighted by Crippen LogP contribution is -2.44. The third kappa shape index (κ3) is 4.60. The minimum Gasteiger partial charge on any atom is -0.341 e. The highest BCUT2D eigenvalue weighted by Crippen LogP contribution is 2.15. The SMILES string of the molecule is CNC(=O)NC1CCN(C(=O)C(=O)Nc2ccc(Cc3nnc4ncccn34)cc2)C1. The molecule has 31 heavy (non-hydrogen) atoms. The van der Waals surface area contributed by atoms with Crippen molar-refractivity contribution in [3.8, 4) is 0 Å². The van der Waals surface area contributed by atoms with Gasteiger partial charge in [-0.2, -0.15) is 0 Å². The van der Waals surface area contributed by atoms with Gasteiger partial charge < -0.3 is 20.9 Å². The first kappa shape index (κ1) is 20.3.